The molecule has 0 aliphatic carbocycles. The molecule has 0 bridgehead atoms. The number of morpholine rings is 1. The predicted molar refractivity (Wildman–Crippen MR) is 88.8 cm³/mol. The van der Waals surface area contributed by atoms with E-state index in [1.807, 2.05) is 0 Å². The molecule has 0 aromatic rings. The van der Waals surface area contributed by atoms with E-state index in [0.29, 0.717) is 6.10 Å². The summed E-state index contributed by atoms with van der Waals surface area (Å²) >= 11 is 0. The van der Waals surface area contributed by atoms with Crippen LogP contribution >= 0.6 is 0 Å². The van der Waals surface area contributed by atoms with Gasteiger partial charge in [0.25, 0.3) is 0 Å². The second-order valence-electron chi connectivity index (χ2n) is 7.12. The average Bonchev–Trinajstić information content (AvgIpc) is 2.47. The van der Waals surface area contributed by atoms with Crippen LogP contribution in [0.25, 0.3) is 0 Å². The van der Waals surface area contributed by atoms with Crippen molar-refractivity contribution in [1.82, 2.24) is 15.1 Å². The summed E-state index contributed by atoms with van der Waals surface area (Å²) in [6.07, 6.45) is 4.23. The standard InChI is InChI=1S/C17H35N3O/c1-4-9-20(16-5-7-18-8-6-16)14-17-13-19(10-11-21-17)12-15(2)3/h15-18H,4-14H2,1-3H3. The van der Waals surface area contributed by atoms with E-state index in [2.05, 4.69) is 35.9 Å². The van der Waals surface area contributed by atoms with Crippen LogP contribution in [0.4, 0.5) is 0 Å². The lowest BCUT2D eigenvalue weighted by Gasteiger charge is -2.40. The van der Waals surface area contributed by atoms with Gasteiger partial charge < -0.3 is 10.1 Å². The Morgan fingerprint density at radius 1 is 1.29 bits per heavy atom. The van der Waals surface area contributed by atoms with Crippen LogP contribution in [-0.4, -0.2) is 74.4 Å². The lowest BCUT2D eigenvalue weighted by molar-refractivity contribution is -0.0527. The van der Waals surface area contributed by atoms with Gasteiger partial charge in [0.2, 0.25) is 0 Å². The molecule has 2 aliphatic rings. The van der Waals surface area contributed by atoms with Gasteiger partial charge in [-0.05, 0) is 44.8 Å². The number of nitrogens with zero attached hydrogens (tertiary/aromatic N) is 2. The summed E-state index contributed by atoms with van der Waals surface area (Å²) in [7, 11) is 0. The molecule has 124 valence electrons. The van der Waals surface area contributed by atoms with Gasteiger partial charge >= 0.3 is 0 Å². The van der Waals surface area contributed by atoms with E-state index in [-0.39, 0.29) is 0 Å². The number of hydrogen-bond acceptors (Lipinski definition) is 4. The number of piperidine rings is 1. The van der Waals surface area contributed by atoms with Crippen molar-refractivity contribution in [2.45, 2.75) is 52.2 Å². The largest absolute Gasteiger partial charge is 0.374 e. The van der Waals surface area contributed by atoms with Crippen molar-refractivity contribution < 1.29 is 4.74 Å². The highest BCUT2D eigenvalue weighted by molar-refractivity contribution is 4.82. The fraction of sp³-hybridized carbons (Fsp3) is 1.00. The van der Waals surface area contributed by atoms with E-state index in [1.54, 1.807) is 0 Å². The minimum Gasteiger partial charge on any atom is -0.374 e. The van der Waals surface area contributed by atoms with Crippen molar-refractivity contribution in [2.24, 2.45) is 5.92 Å². The van der Waals surface area contributed by atoms with Crippen molar-refractivity contribution in [3.63, 3.8) is 0 Å². The molecule has 0 amide bonds. The van der Waals surface area contributed by atoms with Crippen LogP contribution in [0.5, 0.6) is 0 Å². The molecule has 2 rings (SSSR count). The molecule has 0 aromatic heterocycles. The molecule has 1 unspecified atom stereocenters. The Hall–Kier alpha value is -0.160. The summed E-state index contributed by atoms with van der Waals surface area (Å²) in [4.78, 5) is 5.29. The minimum absolute atomic E-state index is 0.402. The van der Waals surface area contributed by atoms with Crippen LogP contribution < -0.4 is 5.32 Å². The van der Waals surface area contributed by atoms with Gasteiger partial charge in [0.1, 0.15) is 0 Å². The quantitative estimate of drug-likeness (QED) is 0.775. The van der Waals surface area contributed by atoms with Crippen molar-refractivity contribution in [1.29, 1.82) is 0 Å². The second kappa shape index (κ2) is 9.09. The molecule has 0 aromatic carbocycles. The van der Waals surface area contributed by atoms with E-state index in [0.717, 1.165) is 38.2 Å². The highest BCUT2D eigenvalue weighted by atomic mass is 16.5. The number of hydrogen-bond donors (Lipinski definition) is 1. The van der Waals surface area contributed by atoms with Gasteiger partial charge in [0.05, 0.1) is 12.7 Å². The maximum Gasteiger partial charge on any atom is 0.0829 e. The molecule has 2 saturated heterocycles. The molecular weight excluding hydrogens is 262 g/mol. The molecule has 0 spiro atoms. The van der Waals surface area contributed by atoms with Crippen LogP contribution in [0.3, 0.4) is 0 Å². The Labute approximate surface area is 131 Å². The first kappa shape index (κ1) is 17.2. The van der Waals surface area contributed by atoms with Crippen LogP contribution in [-0.2, 0) is 4.74 Å². The summed E-state index contributed by atoms with van der Waals surface area (Å²) in [6.45, 7) is 15.9. The molecule has 4 heteroatoms. The Balaban J connectivity index is 1.83. The molecule has 2 heterocycles. The molecular formula is C17H35N3O. The van der Waals surface area contributed by atoms with Gasteiger partial charge in [-0.15, -0.1) is 0 Å². The van der Waals surface area contributed by atoms with Crippen molar-refractivity contribution in [3.8, 4) is 0 Å². The van der Waals surface area contributed by atoms with Crippen LogP contribution in [0, 0.1) is 5.92 Å². The van der Waals surface area contributed by atoms with E-state index >= 15 is 0 Å². The molecule has 2 fully saturated rings. The zero-order valence-corrected chi connectivity index (χ0v) is 14.3. The lowest BCUT2D eigenvalue weighted by Crippen LogP contribution is -2.52. The topological polar surface area (TPSA) is 27.7 Å². The van der Waals surface area contributed by atoms with Crippen molar-refractivity contribution in [3.05, 3.63) is 0 Å². The van der Waals surface area contributed by atoms with E-state index in [4.69, 9.17) is 4.74 Å². The third-order valence-corrected chi connectivity index (χ3v) is 4.62. The van der Waals surface area contributed by atoms with Gasteiger partial charge in [0.15, 0.2) is 0 Å². The van der Waals surface area contributed by atoms with Gasteiger partial charge in [0, 0.05) is 32.2 Å². The number of ether oxygens (including phenoxy) is 1. The smallest absolute Gasteiger partial charge is 0.0829 e. The zero-order valence-electron chi connectivity index (χ0n) is 14.3. The highest BCUT2D eigenvalue weighted by Gasteiger charge is 2.27. The van der Waals surface area contributed by atoms with Gasteiger partial charge in [-0.3, -0.25) is 9.80 Å². The van der Waals surface area contributed by atoms with Crippen molar-refractivity contribution in [2.75, 3.05) is 52.4 Å². The van der Waals surface area contributed by atoms with Crippen molar-refractivity contribution >= 4 is 0 Å². The predicted octanol–water partition coefficient (Wildman–Crippen LogP) is 1.81. The maximum absolute atomic E-state index is 6.06. The van der Waals surface area contributed by atoms with E-state index in [9.17, 15) is 0 Å². The van der Waals surface area contributed by atoms with Gasteiger partial charge in [-0.2, -0.15) is 0 Å². The van der Waals surface area contributed by atoms with Crippen LogP contribution in [0.15, 0.2) is 0 Å². The molecule has 21 heavy (non-hydrogen) atoms. The highest BCUT2D eigenvalue weighted by Crippen LogP contribution is 2.16. The maximum atomic E-state index is 6.06. The summed E-state index contributed by atoms with van der Waals surface area (Å²) in [5.41, 5.74) is 0. The Morgan fingerprint density at radius 2 is 2.05 bits per heavy atom. The molecule has 4 nitrogen and oxygen atoms in total. The fourth-order valence-electron chi connectivity index (χ4n) is 3.72. The third-order valence-electron chi connectivity index (χ3n) is 4.62. The summed E-state index contributed by atoms with van der Waals surface area (Å²) in [5.74, 6) is 0.750. The zero-order chi connectivity index (χ0) is 15.1. The Morgan fingerprint density at radius 3 is 2.71 bits per heavy atom. The Kier molecular flexibility index (Phi) is 7.44. The van der Waals surface area contributed by atoms with Crippen LogP contribution in [0.1, 0.15) is 40.0 Å². The first-order valence-corrected chi connectivity index (χ1v) is 8.97. The van der Waals surface area contributed by atoms with Gasteiger partial charge in [-0.25, -0.2) is 0 Å². The third kappa shape index (κ3) is 5.85. The summed E-state index contributed by atoms with van der Waals surface area (Å²) < 4.78 is 6.06. The fourth-order valence-corrected chi connectivity index (χ4v) is 3.72. The number of nitrogens with one attached hydrogen (secondary N) is 1. The summed E-state index contributed by atoms with van der Waals surface area (Å²) in [5, 5.41) is 3.48. The average molecular weight is 297 g/mol. The minimum atomic E-state index is 0.402. The lowest BCUT2D eigenvalue weighted by atomic mass is 10.0. The van der Waals surface area contributed by atoms with E-state index < -0.39 is 0 Å². The van der Waals surface area contributed by atoms with Gasteiger partial charge in [-0.1, -0.05) is 20.8 Å². The molecule has 0 saturated carbocycles. The molecule has 1 atom stereocenters. The molecule has 0 radical (unpaired) electrons. The first-order chi connectivity index (χ1) is 10.2. The Bertz CT molecular complexity index is 279. The monoisotopic (exact) mass is 297 g/mol. The van der Waals surface area contributed by atoms with Crippen LogP contribution in [0.2, 0.25) is 0 Å². The molecule has 1 N–H and O–H groups in total. The second-order valence-corrected chi connectivity index (χ2v) is 7.12. The first-order valence-electron chi connectivity index (χ1n) is 8.97. The number of rotatable bonds is 7. The molecule has 2 aliphatic heterocycles. The van der Waals surface area contributed by atoms with E-state index in [1.165, 1.54) is 45.4 Å². The summed E-state index contributed by atoms with van der Waals surface area (Å²) in [6, 6.07) is 0.760. The normalized spacial score (nSPS) is 25.9. The SMILES string of the molecule is CCCN(CC1CN(CC(C)C)CCO1)C1CCNCC1.